The van der Waals surface area contributed by atoms with E-state index in [1.165, 1.54) is 5.57 Å². The second kappa shape index (κ2) is 8.93. The van der Waals surface area contributed by atoms with Gasteiger partial charge in [0.15, 0.2) is 0 Å². The molecule has 23 heavy (non-hydrogen) atoms. The lowest BCUT2D eigenvalue weighted by atomic mass is 9.98. The van der Waals surface area contributed by atoms with E-state index < -0.39 is 0 Å². The summed E-state index contributed by atoms with van der Waals surface area (Å²) in [4.78, 5) is 14.2. The van der Waals surface area contributed by atoms with Gasteiger partial charge in [-0.25, -0.2) is 4.79 Å². The number of likely N-dealkylation sites (tertiary alicyclic amines) is 1. The first-order chi connectivity index (χ1) is 11.1. The number of allylic oxidation sites excluding steroid dienone is 2. The zero-order valence-electron chi connectivity index (χ0n) is 14.4. The van der Waals surface area contributed by atoms with Crippen molar-refractivity contribution in [1.29, 1.82) is 0 Å². The van der Waals surface area contributed by atoms with Gasteiger partial charge in [-0.1, -0.05) is 11.6 Å². The Morgan fingerprint density at radius 3 is 2.70 bits per heavy atom. The van der Waals surface area contributed by atoms with Gasteiger partial charge in [0.05, 0.1) is 7.11 Å². The van der Waals surface area contributed by atoms with Crippen molar-refractivity contribution in [2.24, 2.45) is 0 Å². The zero-order chi connectivity index (χ0) is 16.7. The summed E-state index contributed by atoms with van der Waals surface area (Å²) in [6, 6.07) is 0.234. The van der Waals surface area contributed by atoms with Crippen molar-refractivity contribution in [1.82, 2.24) is 15.5 Å². The molecule has 1 saturated heterocycles. The van der Waals surface area contributed by atoms with E-state index in [-0.39, 0.29) is 12.1 Å². The van der Waals surface area contributed by atoms with E-state index in [2.05, 4.69) is 28.7 Å². The Morgan fingerprint density at radius 1 is 1.30 bits per heavy atom. The molecule has 2 N–H and O–H groups in total. The molecule has 130 valence electrons. The minimum Gasteiger partial charge on any atom is -0.498 e. The number of urea groups is 1. The van der Waals surface area contributed by atoms with E-state index >= 15 is 0 Å². The van der Waals surface area contributed by atoms with Gasteiger partial charge in [0.1, 0.15) is 11.9 Å². The van der Waals surface area contributed by atoms with Crippen LogP contribution in [0, 0.1) is 0 Å². The van der Waals surface area contributed by atoms with Gasteiger partial charge in [-0.15, -0.1) is 0 Å². The van der Waals surface area contributed by atoms with E-state index in [1.54, 1.807) is 14.2 Å². The number of ether oxygens (including phenoxy) is 2. The van der Waals surface area contributed by atoms with Crippen LogP contribution < -0.4 is 10.6 Å². The largest absolute Gasteiger partial charge is 0.498 e. The summed E-state index contributed by atoms with van der Waals surface area (Å²) in [5, 5.41) is 6.01. The van der Waals surface area contributed by atoms with Gasteiger partial charge in [0.25, 0.3) is 0 Å². The van der Waals surface area contributed by atoms with Crippen LogP contribution in [0.4, 0.5) is 4.79 Å². The second-order valence-corrected chi connectivity index (χ2v) is 6.25. The molecule has 0 aromatic carbocycles. The Morgan fingerprint density at radius 2 is 2.04 bits per heavy atom. The van der Waals surface area contributed by atoms with Crippen LogP contribution in [-0.4, -0.2) is 64.0 Å². The second-order valence-electron chi connectivity index (χ2n) is 6.25. The Bertz CT molecular complexity index is 454. The lowest BCUT2D eigenvalue weighted by Gasteiger charge is -2.29. The van der Waals surface area contributed by atoms with Crippen molar-refractivity contribution in [3.8, 4) is 0 Å². The van der Waals surface area contributed by atoms with Gasteiger partial charge in [0.2, 0.25) is 0 Å². The number of hydrogen-bond acceptors (Lipinski definition) is 4. The minimum atomic E-state index is -0.0626. The number of hydrogen-bond donors (Lipinski definition) is 2. The first-order valence-electron chi connectivity index (χ1n) is 8.31. The van der Waals surface area contributed by atoms with Gasteiger partial charge < -0.3 is 25.0 Å². The topological polar surface area (TPSA) is 62.8 Å². The SMILES string of the molecule is COC1=CC=C(CCNC(=O)NC2CCN(C)CC2)CC1OC. The monoisotopic (exact) mass is 323 g/mol. The molecule has 6 heteroatoms. The summed E-state index contributed by atoms with van der Waals surface area (Å²) in [5.41, 5.74) is 1.26. The lowest BCUT2D eigenvalue weighted by molar-refractivity contribution is 0.0768. The van der Waals surface area contributed by atoms with E-state index in [0.29, 0.717) is 12.6 Å². The fourth-order valence-corrected chi connectivity index (χ4v) is 3.02. The highest BCUT2D eigenvalue weighted by Gasteiger charge is 2.20. The van der Waals surface area contributed by atoms with Crippen LogP contribution in [0.15, 0.2) is 23.5 Å². The van der Waals surface area contributed by atoms with Gasteiger partial charge in [-0.2, -0.15) is 0 Å². The molecular weight excluding hydrogens is 294 g/mol. The van der Waals surface area contributed by atoms with Crippen molar-refractivity contribution in [2.75, 3.05) is 40.9 Å². The summed E-state index contributed by atoms with van der Waals surface area (Å²) in [6.45, 7) is 2.73. The van der Waals surface area contributed by atoms with Crippen molar-refractivity contribution in [3.63, 3.8) is 0 Å². The van der Waals surface area contributed by atoms with Crippen molar-refractivity contribution < 1.29 is 14.3 Å². The average Bonchev–Trinajstić information content (AvgIpc) is 2.56. The van der Waals surface area contributed by atoms with Crippen LogP contribution in [0.3, 0.4) is 0 Å². The van der Waals surface area contributed by atoms with Crippen LogP contribution in [0.25, 0.3) is 0 Å². The highest BCUT2D eigenvalue weighted by molar-refractivity contribution is 5.74. The molecule has 0 bridgehead atoms. The van der Waals surface area contributed by atoms with Crippen LogP contribution >= 0.6 is 0 Å². The van der Waals surface area contributed by atoms with Crippen LogP contribution in [0.1, 0.15) is 25.7 Å². The molecule has 2 rings (SSSR count). The third-order valence-electron chi connectivity index (χ3n) is 4.55. The first kappa shape index (κ1) is 17.8. The summed E-state index contributed by atoms with van der Waals surface area (Å²) in [7, 11) is 5.46. The van der Waals surface area contributed by atoms with Crippen molar-refractivity contribution in [3.05, 3.63) is 23.5 Å². The predicted molar refractivity (Wildman–Crippen MR) is 90.3 cm³/mol. The number of piperidine rings is 1. The number of nitrogens with one attached hydrogen (secondary N) is 2. The molecule has 0 radical (unpaired) electrons. The first-order valence-corrected chi connectivity index (χ1v) is 8.31. The Labute approximate surface area is 138 Å². The zero-order valence-corrected chi connectivity index (χ0v) is 14.4. The lowest BCUT2D eigenvalue weighted by Crippen LogP contribution is -2.47. The molecule has 1 aliphatic heterocycles. The fraction of sp³-hybridized carbons (Fsp3) is 0.706. The normalized spacial score (nSPS) is 23.0. The van der Waals surface area contributed by atoms with Crippen LogP contribution in [0.5, 0.6) is 0 Å². The van der Waals surface area contributed by atoms with E-state index in [0.717, 1.165) is 44.5 Å². The van der Waals surface area contributed by atoms with Gasteiger partial charge in [0, 0.05) is 26.1 Å². The highest BCUT2D eigenvalue weighted by atomic mass is 16.5. The summed E-state index contributed by atoms with van der Waals surface area (Å²) in [5.74, 6) is 0.851. The molecule has 0 aromatic heterocycles. The minimum absolute atomic E-state index is 0.0203. The molecule has 2 amide bonds. The number of carbonyl (C=O) groups is 1. The third kappa shape index (κ3) is 5.55. The molecule has 1 atom stereocenters. The molecule has 1 aliphatic carbocycles. The third-order valence-corrected chi connectivity index (χ3v) is 4.55. The van der Waals surface area contributed by atoms with Crippen LogP contribution in [0.2, 0.25) is 0 Å². The number of amides is 2. The summed E-state index contributed by atoms with van der Waals surface area (Å²) >= 11 is 0. The standard InChI is InChI=1S/C17H29N3O3/c1-20-10-7-14(8-11-20)19-17(21)18-9-6-13-4-5-15(22-2)16(12-13)23-3/h4-5,14,16H,6-12H2,1-3H3,(H2,18,19,21). The predicted octanol–water partition coefficient (Wildman–Crippen LogP) is 1.65. The molecule has 2 aliphatic rings. The molecule has 0 spiro atoms. The van der Waals surface area contributed by atoms with Gasteiger partial charge in [-0.3, -0.25) is 0 Å². The van der Waals surface area contributed by atoms with Gasteiger partial charge >= 0.3 is 6.03 Å². The molecule has 1 fully saturated rings. The molecule has 0 saturated carbocycles. The van der Waals surface area contributed by atoms with Crippen LogP contribution in [-0.2, 0) is 9.47 Å². The molecule has 1 heterocycles. The Balaban J connectivity index is 1.67. The summed E-state index contributed by atoms with van der Waals surface area (Å²) < 4.78 is 10.7. The number of rotatable bonds is 6. The molecular formula is C17H29N3O3. The maximum atomic E-state index is 11.9. The number of nitrogens with zero attached hydrogens (tertiary/aromatic N) is 1. The maximum Gasteiger partial charge on any atom is 0.315 e. The summed E-state index contributed by atoms with van der Waals surface area (Å²) in [6.07, 6.45) is 7.68. The van der Waals surface area contributed by atoms with Gasteiger partial charge in [-0.05, 0) is 45.5 Å². The Hall–Kier alpha value is -1.53. The fourth-order valence-electron chi connectivity index (χ4n) is 3.02. The smallest absolute Gasteiger partial charge is 0.315 e. The van der Waals surface area contributed by atoms with Crippen molar-refractivity contribution in [2.45, 2.75) is 37.8 Å². The number of methoxy groups -OCH3 is 2. The van der Waals surface area contributed by atoms with E-state index in [4.69, 9.17) is 9.47 Å². The maximum absolute atomic E-state index is 11.9. The van der Waals surface area contributed by atoms with E-state index in [9.17, 15) is 4.79 Å². The number of carbonyl (C=O) groups excluding carboxylic acids is 1. The Kier molecular flexibility index (Phi) is 6.92. The quantitative estimate of drug-likeness (QED) is 0.780. The average molecular weight is 323 g/mol. The highest BCUT2D eigenvalue weighted by Crippen LogP contribution is 2.23. The molecule has 6 nitrogen and oxygen atoms in total. The molecule has 0 aromatic rings. The van der Waals surface area contributed by atoms with Crippen molar-refractivity contribution >= 4 is 6.03 Å². The molecule has 1 unspecified atom stereocenters. The van der Waals surface area contributed by atoms with E-state index in [1.807, 2.05) is 6.08 Å².